The molecule has 0 aliphatic rings. The number of anilines is 2. The molecule has 0 saturated heterocycles. The maximum absolute atomic E-state index is 11.2. The third-order valence-electron chi connectivity index (χ3n) is 2.45. The molecule has 2 aromatic heterocycles. The molecule has 0 fully saturated rings. The highest BCUT2D eigenvalue weighted by Gasteiger charge is 2.16. The standard InChI is InChI=1S/C11H14N4OS2/c1-2-6-3-4-7(17-6)5-14-11-8(10(13)16)9(12)15-18-11/h3-4,14H,2,5H2,1H3,(H2,12,15)(H2,13,16). The van der Waals surface area contributed by atoms with Crippen LogP contribution in [0.25, 0.3) is 0 Å². The quantitative estimate of drug-likeness (QED) is 0.782. The first kappa shape index (κ1) is 12.8. The van der Waals surface area contributed by atoms with Gasteiger partial charge in [0.2, 0.25) is 0 Å². The molecular weight excluding hydrogens is 268 g/mol. The summed E-state index contributed by atoms with van der Waals surface area (Å²) in [6, 6.07) is 4.18. The molecule has 2 heterocycles. The fraction of sp³-hybridized carbons (Fsp3) is 0.273. The topological polar surface area (TPSA) is 94.0 Å². The molecule has 0 spiro atoms. The number of thiophene rings is 1. The van der Waals surface area contributed by atoms with Crippen LogP contribution in [-0.4, -0.2) is 10.3 Å². The van der Waals surface area contributed by atoms with Gasteiger partial charge in [0.05, 0.1) is 6.54 Å². The first-order chi connectivity index (χ1) is 8.61. The number of nitrogens with zero attached hydrogens (tertiary/aromatic N) is 1. The van der Waals surface area contributed by atoms with Crippen LogP contribution in [0.15, 0.2) is 12.1 Å². The zero-order chi connectivity index (χ0) is 13.1. The minimum absolute atomic E-state index is 0.190. The Labute approximate surface area is 113 Å². The lowest BCUT2D eigenvalue weighted by Gasteiger charge is -2.03. The van der Waals surface area contributed by atoms with Gasteiger partial charge in [0, 0.05) is 9.75 Å². The van der Waals surface area contributed by atoms with Crippen LogP contribution in [0.5, 0.6) is 0 Å². The molecule has 0 unspecified atom stereocenters. The van der Waals surface area contributed by atoms with Crippen LogP contribution in [0, 0.1) is 0 Å². The number of hydrogen-bond donors (Lipinski definition) is 3. The van der Waals surface area contributed by atoms with E-state index in [2.05, 4.69) is 28.7 Å². The van der Waals surface area contributed by atoms with E-state index >= 15 is 0 Å². The van der Waals surface area contributed by atoms with Crippen molar-refractivity contribution >= 4 is 39.6 Å². The van der Waals surface area contributed by atoms with E-state index in [0.717, 1.165) is 18.0 Å². The molecule has 96 valence electrons. The lowest BCUT2D eigenvalue weighted by Crippen LogP contribution is -2.14. The second-order valence-electron chi connectivity index (χ2n) is 3.71. The summed E-state index contributed by atoms with van der Waals surface area (Å²) in [7, 11) is 0. The number of rotatable bonds is 5. The maximum Gasteiger partial charge on any atom is 0.255 e. The molecule has 7 heteroatoms. The van der Waals surface area contributed by atoms with Gasteiger partial charge in [0.1, 0.15) is 10.6 Å². The van der Waals surface area contributed by atoms with E-state index in [-0.39, 0.29) is 11.4 Å². The molecule has 0 aliphatic carbocycles. The van der Waals surface area contributed by atoms with Crippen molar-refractivity contribution in [3.63, 3.8) is 0 Å². The van der Waals surface area contributed by atoms with Crippen molar-refractivity contribution in [1.82, 2.24) is 4.37 Å². The highest BCUT2D eigenvalue weighted by molar-refractivity contribution is 7.12. The maximum atomic E-state index is 11.2. The molecule has 0 atom stereocenters. The first-order valence-electron chi connectivity index (χ1n) is 5.48. The van der Waals surface area contributed by atoms with E-state index in [0.29, 0.717) is 11.5 Å². The lowest BCUT2D eigenvalue weighted by atomic mass is 10.3. The van der Waals surface area contributed by atoms with Crippen LogP contribution in [0.4, 0.5) is 10.8 Å². The molecule has 0 aromatic carbocycles. The Morgan fingerprint density at radius 2 is 2.17 bits per heavy atom. The number of amides is 1. The first-order valence-corrected chi connectivity index (χ1v) is 7.07. The second-order valence-corrected chi connectivity index (χ2v) is 5.74. The van der Waals surface area contributed by atoms with Gasteiger partial charge in [-0.1, -0.05) is 6.92 Å². The van der Waals surface area contributed by atoms with E-state index in [1.54, 1.807) is 11.3 Å². The number of hydrogen-bond acceptors (Lipinski definition) is 6. The number of carbonyl (C=O) groups excluding carboxylic acids is 1. The van der Waals surface area contributed by atoms with E-state index < -0.39 is 5.91 Å². The summed E-state index contributed by atoms with van der Waals surface area (Å²) in [5, 5.41) is 3.79. The molecule has 0 saturated carbocycles. The van der Waals surface area contributed by atoms with Gasteiger partial charge >= 0.3 is 0 Å². The number of nitrogens with two attached hydrogens (primary N) is 2. The highest BCUT2D eigenvalue weighted by Crippen LogP contribution is 2.27. The summed E-state index contributed by atoms with van der Waals surface area (Å²) in [4.78, 5) is 13.8. The van der Waals surface area contributed by atoms with Crippen molar-refractivity contribution in [2.45, 2.75) is 19.9 Å². The van der Waals surface area contributed by atoms with Crippen molar-refractivity contribution in [2.24, 2.45) is 5.73 Å². The summed E-state index contributed by atoms with van der Waals surface area (Å²) >= 11 is 2.90. The second kappa shape index (κ2) is 5.36. The van der Waals surface area contributed by atoms with E-state index in [1.807, 2.05) is 0 Å². The zero-order valence-corrected chi connectivity index (χ0v) is 11.5. The van der Waals surface area contributed by atoms with Gasteiger partial charge in [-0.05, 0) is 30.1 Å². The number of nitrogens with one attached hydrogen (secondary N) is 1. The SMILES string of the molecule is CCc1ccc(CNc2snc(N)c2C(N)=O)s1. The van der Waals surface area contributed by atoms with Gasteiger partial charge in [-0.3, -0.25) is 4.79 Å². The van der Waals surface area contributed by atoms with E-state index in [4.69, 9.17) is 11.5 Å². The van der Waals surface area contributed by atoms with Crippen LogP contribution in [0.3, 0.4) is 0 Å². The molecule has 18 heavy (non-hydrogen) atoms. The molecule has 2 aromatic rings. The largest absolute Gasteiger partial charge is 0.382 e. The number of aryl methyl sites for hydroxylation is 1. The number of aromatic nitrogens is 1. The van der Waals surface area contributed by atoms with Gasteiger partial charge in [-0.2, -0.15) is 4.37 Å². The van der Waals surface area contributed by atoms with Gasteiger partial charge in [-0.15, -0.1) is 11.3 Å². The molecule has 1 amide bonds. The molecular formula is C11H14N4OS2. The molecule has 0 radical (unpaired) electrons. The molecule has 0 bridgehead atoms. The van der Waals surface area contributed by atoms with Gasteiger partial charge in [-0.25, -0.2) is 0 Å². The molecule has 0 aliphatic heterocycles. The number of carbonyl (C=O) groups is 1. The summed E-state index contributed by atoms with van der Waals surface area (Å²) < 4.78 is 3.93. The Kier molecular flexibility index (Phi) is 3.83. The Bertz CT molecular complexity index is 561. The molecule has 2 rings (SSSR count). The van der Waals surface area contributed by atoms with Gasteiger partial charge < -0.3 is 16.8 Å². The van der Waals surface area contributed by atoms with Crippen LogP contribution in [0.2, 0.25) is 0 Å². The highest BCUT2D eigenvalue weighted by atomic mass is 32.1. The van der Waals surface area contributed by atoms with Crippen molar-refractivity contribution in [3.8, 4) is 0 Å². The van der Waals surface area contributed by atoms with Gasteiger partial charge in [0.15, 0.2) is 5.82 Å². The minimum atomic E-state index is -0.552. The van der Waals surface area contributed by atoms with Gasteiger partial charge in [0.25, 0.3) is 5.91 Å². The monoisotopic (exact) mass is 282 g/mol. The fourth-order valence-electron chi connectivity index (χ4n) is 1.54. The zero-order valence-electron chi connectivity index (χ0n) is 9.90. The third kappa shape index (κ3) is 2.62. The van der Waals surface area contributed by atoms with E-state index in [1.165, 1.54) is 9.75 Å². The molecule has 5 nitrogen and oxygen atoms in total. The van der Waals surface area contributed by atoms with Crippen molar-refractivity contribution < 1.29 is 4.79 Å². The lowest BCUT2D eigenvalue weighted by molar-refractivity contribution is 0.100. The Hall–Kier alpha value is -1.60. The average molecular weight is 282 g/mol. The molecule has 5 N–H and O–H groups in total. The fourth-order valence-corrected chi connectivity index (χ4v) is 3.15. The average Bonchev–Trinajstić information content (AvgIpc) is 2.92. The summed E-state index contributed by atoms with van der Waals surface area (Å²) in [5.74, 6) is -0.361. The Balaban J connectivity index is 2.08. The van der Waals surface area contributed by atoms with Crippen molar-refractivity contribution in [2.75, 3.05) is 11.1 Å². The van der Waals surface area contributed by atoms with E-state index in [9.17, 15) is 4.79 Å². The predicted molar refractivity (Wildman–Crippen MR) is 76.1 cm³/mol. The number of primary amides is 1. The van der Waals surface area contributed by atoms with Crippen LogP contribution in [0.1, 0.15) is 27.0 Å². The summed E-state index contributed by atoms with van der Waals surface area (Å²) in [6.07, 6.45) is 1.03. The Morgan fingerprint density at radius 3 is 2.78 bits per heavy atom. The predicted octanol–water partition coefficient (Wildman–Crippen LogP) is 2.06. The van der Waals surface area contributed by atoms with Crippen LogP contribution >= 0.6 is 22.9 Å². The minimum Gasteiger partial charge on any atom is -0.382 e. The smallest absolute Gasteiger partial charge is 0.255 e. The van der Waals surface area contributed by atoms with Crippen molar-refractivity contribution in [1.29, 1.82) is 0 Å². The number of nitrogen functional groups attached to an aromatic ring is 1. The van der Waals surface area contributed by atoms with Crippen LogP contribution < -0.4 is 16.8 Å². The summed E-state index contributed by atoms with van der Waals surface area (Å²) in [5.41, 5.74) is 11.1. The Morgan fingerprint density at radius 1 is 1.44 bits per heavy atom. The van der Waals surface area contributed by atoms with Crippen LogP contribution in [-0.2, 0) is 13.0 Å². The third-order valence-corrected chi connectivity index (χ3v) is 4.50. The summed E-state index contributed by atoms with van der Waals surface area (Å²) in [6.45, 7) is 2.77. The normalized spacial score (nSPS) is 10.5. The van der Waals surface area contributed by atoms with Crippen molar-refractivity contribution in [3.05, 3.63) is 27.5 Å².